The van der Waals surface area contributed by atoms with E-state index in [9.17, 15) is 4.79 Å². The highest BCUT2D eigenvalue weighted by molar-refractivity contribution is 5.94. The summed E-state index contributed by atoms with van der Waals surface area (Å²) in [7, 11) is 3.79. The van der Waals surface area contributed by atoms with E-state index in [1.807, 2.05) is 19.0 Å². The van der Waals surface area contributed by atoms with Gasteiger partial charge in [-0.25, -0.2) is 4.98 Å². The number of nitrogens with one attached hydrogen (secondary N) is 1. The van der Waals surface area contributed by atoms with Gasteiger partial charge in [-0.05, 0) is 30.9 Å². The maximum atomic E-state index is 12.0. The van der Waals surface area contributed by atoms with Crippen molar-refractivity contribution in [2.75, 3.05) is 25.5 Å². The zero-order chi connectivity index (χ0) is 13.1. The summed E-state index contributed by atoms with van der Waals surface area (Å²) in [6.45, 7) is 0.545. The second kappa shape index (κ2) is 8.29. The predicted molar refractivity (Wildman–Crippen MR) is 86.1 cm³/mol. The number of aromatic nitrogens is 1. The van der Waals surface area contributed by atoms with Crippen LogP contribution in [0.4, 0.5) is 5.82 Å². The molecule has 1 heterocycles. The van der Waals surface area contributed by atoms with E-state index in [0.717, 1.165) is 5.82 Å². The summed E-state index contributed by atoms with van der Waals surface area (Å²) >= 11 is 0. The van der Waals surface area contributed by atoms with Crippen LogP contribution >= 0.6 is 24.8 Å². The molecule has 1 aliphatic carbocycles. The van der Waals surface area contributed by atoms with Crippen molar-refractivity contribution in [3.8, 4) is 0 Å². The fourth-order valence-corrected chi connectivity index (χ4v) is 1.81. The molecule has 20 heavy (non-hydrogen) atoms. The van der Waals surface area contributed by atoms with Crippen LogP contribution in [0, 0.1) is 5.92 Å². The summed E-state index contributed by atoms with van der Waals surface area (Å²) in [5, 5.41) is 2.88. The predicted octanol–water partition coefficient (Wildman–Crippen LogP) is 1.46. The largest absolute Gasteiger partial charge is 0.363 e. The van der Waals surface area contributed by atoms with Gasteiger partial charge in [0.2, 0.25) is 0 Å². The van der Waals surface area contributed by atoms with Gasteiger partial charge in [0.25, 0.3) is 5.91 Å². The number of carbonyl (C=O) groups excluding carboxylic acids is 1. The molecule has 7 heteroatoms. The Balaban J connectivity index is 0.00000180. The molecule has 1 amide bonds. The van der Waals surface area contributed by atoms with Crippen molar-refractivity contribution >= 4 is 36.5 Å². The van der Waals surface area contributed by atoms with Crippen LogP contribution in [0.1, 0.15) is 23.2 Å². The van der Waals surface area contributed by atoms with Gasteiger partial charge in [0.05, 0.1) is 0 Å². The molecule has 3 N–H and O–H groups in total. The number of pyridine rings is 1. The Morgan fingerprint density at radius 3 is 2.70 bits per heavy atom. The third-order valence-corrected chi connectivity index (χ3v) is 3.19. The first-order valence-corrected chi connectivity index (χ1v) is 6.25. The van der Waals surface area contributed by atoms with Gasteiger partial charge in [0.15, 0.2) is 0 Å². The Kier molecular flexibility index (Phi) is 7.86. The van der Waals surface area contributed by atoms with Gasteiger partial charge < -0.3 is 16.0 Å². The minimum atomic E-state index is -0.0865. The molecule has 114 valence electrons. The summed E-state index contributed by atoms with van der Waals surface area (Å²) < 4.78 is 0. The van der Waals surface area contributed by atoms with Gasteiger partial charge in [-0.15, -0.1) is 24.8 Å². The van der Waals surface area contributed by atoms with E-state index in [1.165, 1.54) is 12.8 Å². The number of nitrogens with zero attached hydrogens (tertiary/aromatic N) is 2. The molecular weight excluding hydrogens is 299 g/mol. The smallest absolute Gasteiger partial charge is 0.251 e. The second-order valence-electron chi connectivity index (χ2n) is 5.01. The fourth-order valence-electron chi connectivity index (χ4n) is 1.81. The monoisotopic (exact) mass is 320 g/mol. The van der Waals surface area contributed by atoms with Crippen LogP contribution < -0.4 is 16.0 Å². The molecule has 0 spiro atoms. The Labute approximate surface area is 132 Å². The molecular formula is C13H22Cl2N4O. The molecule has 1 fully saturated rings. The van der Waals surface area contributed by atoms with Crippen LogP contribution in [-0.2, 0) is 0 Å². The number of anilines is 1. The third-order valence-electron chi connectivity index (χ3n) is 3.19. The van der Waals surface area contributed by atoms with E-state index in [1.54, 1.807) is 18.3 Å². The highest BCUT2D eigenvalue weighted by Gasteiger charge is 2.28. The van der Waals surface area contributed by atoms with Gasteiger partial charge >= 0.3 is 0 Å². The van der Waals surface area contributed by atoms with E-state index in [4.69, 9.17) is 5.73 Å². The van der Waals surface area contributed by atoms with Gasteiger partial charge in [0, 0.05) is 38.4 Å². The third kappa shape index (κ3) is 5.15. The van der Waals surface area contributed by atoms with Gasteiger partial charge in [-0.1, -0.05) is 0 Å². The van der Waals surface area contributed by atoms with Crippen molar-refractivity contribution in [2.24, 2.45) is 11.7 Å². The van der Waals surface area contributed by atoms with Crippen LogP contribution in [0.25, 0.3) is 0 Å². The molecule has 0 aliphatic heterocycles. The van der Waals surface area contributed by atoms with Crippen LogP contribution in [-0.4, -0.2) is 37.6 Å². The Morgan fingerprint density at radius 2 is 2.15 bits per heavy atom. The number of nitrogens with two attached hydrogens (primary N) is 1. The van der Waals surface area contributed by atoms with Crippen LogP contribution in [0.5, 0.6) is 0 Å². The number of hydrogen-bond donors (Lipinski definition) is 2. The number of halogens is 2. The van der Waals surface area contributed by atoms with Crippen LogP contribution in [0.2, 0.25) is 0 Å². The number of rotatable bonds is 5. The summed E-state index contributed by atoms with van der Waals surface area (Å²) in [6, 6.07) is 3.58. The van der Waals surface area contributed by atoms with E-state index in [0.29, 0.717) is 18.0 Å². The lowest BCUT2D eigenvalue weighted by Gasteiger charge is -2.14. The molecule has 0 radical (unpaired) electrons. The fraction of sp³-hybridized carbons (Fsp3) is 0.538. The SMILES string of the molecule is CN(C)c1cc(C(=O)NCC(N)C2CC2)ccn1.Cl.Cl. The molecule has 0 saturated heterocycles. The maximum Gasteiger partial charge on any atom is 0.251 e. The van der Waals surface area contributed by atoms with Gasteiger partial charge in [-0.2, -0.15) is 0 Å². The molecule has 1 unspecified atom stereocenters. The average Bonchev–Trinajstić information content (AvgIpc) is 3.20. The normalized spacial score (nSPS) is 14.6. The van der Waals surface area contributed by atoms with E-state index < -0.39 is 0 Å². The summed E-state index contributed by atoms with van der Waals surface area (Å²) in [6.07, 6.45) is 4.03. The van der Waals surface area contributed by atoms with Crippen molar-refractivity contribution < 1.29 is 4.79 Å². The Morgan fingerprint density at radius 1 is 1.50 bits per heavy atom. The molecule has 1 aliphatic rings. The van der Waals surface area contributed by atoms with Crippen molar-refractivity contribution in [2.45, 2.75) is 18.9 Å². The first-order chi connectivity index (χ1) is 8.58. The van der Waals surface area contributed by atoms with E-state index >= 15 is 0 Å². The quantitative estimate of drug-likeness (QED) is 0.861. The lowest BCUT2D eigenvalue weighted by Crippen LogP contribution is -2.38. The zero-order valence-corrected chi connectivity index (χ0v) is 13.3. The highest BCUT2D eigenvalue weighted by Crippen LogP contribution is 2.31. The topological polar surface area (TPSA) is 71.2 Å². The number of hydrogen-bond acceptors (Lipinski definition) is 4. The van der Waals surface area contributed by atoms with Crippen molar-refractivity contribution in [3.63, 3.8) is 0 Å². The lowest BCUT2D eigenvalue weighted by atomic mass is 10.2. The summed E-state index contributed by atoms with van der Waals surface area (Å²) in [5.41, 5.74) is 6.57. The van der Waals surface area contributed by atoms with Gasteiger partial charge in [-0.3, -0.25) is 4.79 Å². The Hall–Kier alpha value is -1.04. The van der Waals surface area contributed by atoms with Crippen molar-refractivity contribution in [3.05, 3.63) is 23.9 Å². The second-order valence-corrected chi connectivity index (χ2v) is 5.01. The minimum absolute atomic E-state index is 0. The molecule has 0 aromatic carbocycles. The maximum absolute atomic E-state index is 12.0. The van der Waals surface area contributed by atoms with Crippen molar-refractivity contribution in [1.29, 1.82) is 0 Å². The lowest BCUT2D eigenvalue weighted by molar-refractivity contribution is 0.0950. The Bertz CT molecular complexity index is 438. The summed E-state index contributed by atoms with van der Waals surface area (Å²) in [5.74, 6) is 1.28. The molecule has 1 atom stereocenters. The van der Waals surface area contributed by atoms with E-state index in [-0.39, 0.29) is 36.8 Å². The zero-order valence-electron chi connectivity index (χ0n) is 11.7. The minimum Gasteiger partial charge on any atom is -0.363 e. The van der Waals surface area contributed by atoms with Gasteiger partial charge in [0.1, 0.15) is 5.82 Å². The van der Waals surface area contributed by atoms with Crippen LogP contribution in [0.3, 0.4) is 0 Å². The molecule has 2 rings (SSSR count). The molecule has 0 bridgehead atoms. The number of carbonyl (C=O) groups is 1. The standard InChI is InChI=1S/C13H20N4O.2ClH/c1-17(2)12-7-10(5-6-15-12)13(18)16-8-11(14)9-3-4-9;;/h5-7,9,11H,3-4,8,14H2,1-2H3,(H,16,18);2*1H. The molecule has 1 aromatic rings. The number of amides is 1. The molecule has 1 saturated carbocycles. The highest BCUT2D eigenvalue weighted by atomic mass is 35.5. The first kappa shape index (κ1) is 19.0. The first-order valence-electron chi connectivity index (χ1n) is 6.25. The van der Waals surface area contributed by atoms with Crippen LogP contribution in [0.15, 0.2) is 18.3 Å². The van der Waals surface area contributed by atoms with Crippen molar-refractivity contribution in [1.82, 2.24) is 10.3 Å². The summed E-state index contributed by atoms with van der Waals surface area (Å²) in [4.78, 5) is 18.0. The van der Waals surface area contributed by atoms with E-state index in [2.05, 4.69) is 10.3 Å². The molecule has 5 nitrogen and oxygen atoms in total. The molecule has 1 aromatic heterocycles. The average molecular weight is 321 g/mol.